The second-order valence-corrected chi connectivity index (χ2v) is 4.85. The average molecular weight is 250 g/mol. The Morgan fingerprint density at radius 2 is 2.22 bits per heavy atom. The first-order valence-electron chi connectivity index (χ1n) is 6.22. The molecular formula is C13H18N2O3. The molecule has 5 heteroatoms. The lowest BCUT2D eigenvalue weighted by atomic mass is 10.1. The molecule has 1 saturated carbocycles. The van der Waals surface area contributed by atoms with Crippen LogP contribution in [-0.4, -0.2) is 33.3 Å². The second kappa shape index (κ2) is 4.94. The van der Waals surface area contributed by atoms with E-state index in [-0.39, 0.29) is 17.7 Å². The molecule has 98 valence electrons. The summed E-state index contributed by atoms with van der Waals surface area (Å²) < 4.78 is 0. The van der Waals surface area contributed by atoms with Crippen molar-refractivity contribution in [2.24, 2.45) is 0 Å². The summed E-state index contributed by atoms with van der Waals surface area (Å²) in [6, 6.07) is 3.13. The van der Waals surface area contributed by atoms with E-state index in [9.17, 15) is 9.90 Å². The van der Waals surface area contributed by atoms with Crippen LogP contribution in [0.15, 0.2) is 12.1 Å². The van der Waals surface area contributed by atoms with Crippen molar-refractivity contribution < 1.29 is 15.0 Å². The molecule has 3 N–H and O–H groups in total. The third-order valence-electron chi connectivity index (χ3n) is 3.18. The topological polar surface area (TPSA) is 82.5 Å². The highest BCUT2D eigenvalue weighted by Crippen LogP contribution is 2.38. The van der Waals surface area contributed by atoms with Gasteiger partial charge in [0.15, 0.2) is 0 Å². The summed E-state index contributed by atoms with van der Waals surface area (Å²) in [6.07, 6.45) is 3.46. The fourth-order valence-electron chi connectivity index (χ4n) is 1.90. The Balaban J connectivity index is 2.25. The van der Waals surface area contributed by atoms with E-state index in [0.29, 0.717) is 5.82 Å². The zero-order valence-corrected chi connectivity index (χ0v) is 10.4. The van der Waals surface area contributed by atoms with Gasteiger partial charge in [-0.05, 0) is 31.4 Å². The number of pyridine rings is 1. The molecule has 1 fully saturated rings. The molecule has 0 amide bonds. The van der Waals surface area contributed by atoms with Crippen LogP contribution in [-0.2, 0) is 6.42 Å². The molecule has 1 aromatic heterocycles. The average Bonchev–Trinajstić information content (AvgIpc) is 3.09. The van der Waals surface area contributed by atoms with E-state index in [0.717, 1.165) is 31.4 Å². The summed E-state index contributed by atoms with van der Waals surface area (Å²) in [7, 11) is 0. The third-order valence-corrected chi connectivity index (χ3v) is 3.18. The maximum absolute atomic E-state index is 11.1. The van der Waals surface area contributed by atoms with Crippen molar-refractivity contribution in [1.82, 2.24) is 4.98 Å². The van der Waals surface area contributed by atoms with Crippen LogP contribution >= 0.6 is 0 Å². The van der Waals surface area contributed by atoms with Gasteiger partial charge in [-0.25, -0.2) is 9.78 Å². The molecule has 18 heavy (non-hydrogen) atoms. The fraction of sp³-hybridized carbons (Fsp3) is 0.538. The molecule has 0 spiro atoms. The van der Waals surface area contributed by atoms with E-state index in [1.165, 1.54) is 6.07 Å². The van der Waals surface area contributed by atoms with Gasteiger partial charge in [0, 0.05) is 5.69 Å². The van der Waals surface area contributed by atoms with Crippen LogP contribution in [0.2, 0.25) is 0 Å². The van der Waals surface area contributed by atoms with Gasteiger partial charge in [-0.15, -0.1) is 0 Å². The molecule has 0 unspecified atom stereocenters. The lowest BCUT2D eigenvalue weighted by molar-refractivity contribution is 0.0696. The molecule has 0 bridgehead atoms. The molecule has 1 aromatic rings. The van der Waals surface area contributed by atoms with E-state index < -0.39 is 5.97 Å². The smallest absolute Gasteiger partial charge is 0.335 e. The molecule has 1 aliphatic carbocycles. The number of hydrogen-bond donors (Lipinski definition) is 3. The highest BCUT2D eigenvalue weighted by molar-refractivity contribution is 5.88. The molecule has 1 aliphatic rings. The number of aromatic nitrogens is 1. The Morgan fingerprint density at radius 1 is 1.50 bits per heavy atom. The minimum Gasteiger partial charge on any atom is -0.478 e. The maximum atomic E-state index is 11.1. The minimum atomic E-state index is -0.952. The van der Waals surface area contributed by atoms with E-state index >= 15 is 0 Å². The van der Waals surface area contributed by atoms with Crippen molar-refractivity contribution in [3.63, 3.8) is 0 Å². The van der Waals surface area contributed by atoms with Crippen LogP contribution in [0.3, 0.4) is 0 Å². The van der Waals surface area contributed by atoms with Crippen molar-refractivity contribution in [3.8, 4) is 0 Å². The summed E-state index contributed by atoms with van der Waals surface area (Å²) in [6.45, 7) is 2.08. The predicted octanol–water partition coefficient (Wildman–Crippen LogP) is 1.67. The molecule has 5 nitrogen and oxygen atoms in total. The van der Waals surface area contributed by atoms with Crippen LogP contribution in [0.25, 0.3) is 0 Å². The number of aryl methyl sites for hydroxylation is 1. The number of aliphatic hydroxyl groups is 1. The Hall–Kier alpha value is -1.62. The van der Waals surface area contributed by atoms with E-state index in [4.69, 9.17) is 5.11 Å². The van der Waals surface area contributed by atoms with Crippen molar-refractivity contribution in [2.75, 3.05) is 11.9 Å². The zero-order valence-electron chi connectivity index (χ0n) is 10.4. The van der Waals surface area contributed by atoms with Gasteiger partial charge in [0.05, 0.1) is 17.7 Å². The third kappa shape index (κ3) is 2.79. The maximum Gasteiger partial charge on any atom is 0.335 e. The first-order valence-corrected chi connectivity index (χ1v) is 6.22. The molecule has 1 heterocycles. The van der Waals surface area contributed by atoms with Crippen LogP contribution in [0.1, 0.15) is 42.2 Å². The van der Waals surface area contributed by atoms with Gasteiger partial charge >= 0.3 is 5.97 Å². The van der Waals surface area contributed by atoms with Gasteiger partial charge < -0.3 is 15.5 Å². The normalized spacial score (nSPS) is 16.3. The SMILES string of the molecule is CCCc1cc(C(=O)O)cc(NC2(CO)CC2)n1. The molecule has 0 radical (unpaired) electrons. The van der Waals surface area contributed by atoms with Crippen LogP contribution in [0.4, 0.5) is 5.82 Å². The van der Waals surface area contributed by atoms with Crippen LogP contribution in [0, 0.1) is 0 Å². The Labute approximate surface area is 106 Å². The molecule has 0 aromatic carbocycles. The quantitative estimate of drug-likeness (QED) is 0.715. The van der Waals surface area contributed by atoms with E-state index in [1.807, 2.05) is 6.92 Å². The number of rotatable bonds is 6. The summed E-state index contributed by atoms with van der Waals surface area (Å²) in [5.41, 5.74) is 0.728. The van der Waals surface area contributed by atoms with Gasteiger partial charge in [-0.2, -0.15) is 0 Å². The fourth-order valence-corrected chi connectivity index (χ4v) is 1.90. The Morgan fingerprint density at radius 3 is 2.72 bits per heavy atom. The highest BCUT2D eigenvalue weighted by Gasteiger charge is 2.42. The first kappa shape index (κ1) is 12.8. The van der Waals surface area contributed by atoms with Gasteiger partial charge in [0.25, 0.3) is 0 Å². The van der Waals surface area contributed by atoms with Crippen LogP contribution < -0.4 is 5.32 Å². The largest absolute Gasteiger partial charge is 0.478 e. The first-order chi connectivity index (χ1) is 8.58. The van der Waals surface area contributed by atoms with Gasteiger partial charge in [0.2, 0.25) is 0 Å². The lowest BCUT2D eigenvalue weighted by Gasteiger charge is -2.16. The molecule has 2 rings (SSSR count). The van der Waals surface area contributed by atoms with Crippen LogP contribution in [0.5, 0.6) is 0 Å². The number of nitrogens with zero attached hydrogens (tertiary/aromatic N) is 1. The van der Waals surface area contributed by atoms with E-state index in [1.54, 1.807) is 6.07 Å². The van der Waals surface area contributed by atoms with Gasteiger partial charge in [-0.3, -0.25) is 0 Å². The van der Waals surface area contributed by atoms with E-state index in [2.05, 4.69) is 10.3 Å². The summed E-state index contributed by atoms with van der Waals surface area (Å²) in [5.74, 6) is -0.406. The summed E-state index contributed by atoms with van der Waals surface area (Å²) in [4.78, 5) is 15.4. The highest BCUT2D eigenvalue weighted by atomic mass is 16.4. The number of aromatic carboxylic acids is 1. The van der Waals surface area contributed by atoms with Crippen molar-refractivity contribution in [2.45, 2.75) is 38.1 Å². The van der Waals surface area contributed by atoms with Gasteiger partial charge in [0.1, 0.15) is 5.82 Å². The minimum absolute atomic E-state index is 0.0507. The number of anilines is 1. The Kier molecular flexibility index (Phi) is 3.52. The molecule has 0 aliphatic heterocycles. The van der Waals surface area contributed by atoms with Gasteiger partial charge in [-0.1, -0.05) is 13.3 Å². The standard InChI is InChI=1S/C13H18N2O3/c1-2-3-10-6-9(12(17)18)7-11(14-10)15-13(8-16)4-5-13/h6-7,16H,2-5,8H2,1H3,(H,14,15)(H,17,18). The number of carboxylic acid groups (broad SMARTS) is 1. The molecular weight excluding hydrogens is 232 g/mol. The molecule has 0 atom stereocenters. The zero-order chi connectivity index (χ0) is 13.2. The summed E-state index contributed by atoms with van der Waals surface area (Å²) >= 11 is 0. The van der Waals surface area contributed by atoms with Crippen molar-refractivity contribution in [3.05, 3.63) is 23.4 Å². The monoisotopic (exact) mass is 250 g/mol. The number of carbonyl (C=O) groups is 1. The second-order valence-electron chi connectivity index (χ2n) is 4.85. The number of carboxylic acids is 1. The Bertz CT molecular complexity index is 456. The van der Waals surface area contributed by atoms with Crippen molar-refractivity contribution in [1.29, 1.82) is 0 Å². The predicted molar refractivity (Wildman–Crippen MR) is 67.9 cm³/mol. The number of hydrogen-bond acceptors (Lipinski definition) is 4. The van der Waals surface area contributed by atoms with Crippen molar-refractivity contribution >= 4 is 11.8 Å². The number of aliphatic hydroxyl groups excluding tert-OH is 1. The number of nitrogens with one attached hydrogen (secondary N) is 1. The summed E-state index contributed by atoms with van der Waals surface area (Å²) in [5, 5.41) is 21.5. The lowest BCUT2D eigenvalue weighted by Crippen LogP contribution is -2.26. The molecule has 0 saturated heterocycles.